The van der Waals surface area contributed by atoms with E-state index in [1.165, 1.54) is 11.3 Å². The van der Waals surface area contributed by atoms with Crippen LogP contribution in [0.3, 0.4) is 0 Å². The Morgan fingerprint density at radius 2 is 1.84 bits per heavy atom. The van der Waals surface area contributed by atoms with E-state index in [0.717, 1.165) is 4.88 Å². The zero-order valence-electron chi connectivity index (χ0n) is 20.1. The fourth-order valence-corrected chi connectivity index (χ4v) is 4.74. The maximum absolute atomic E-state index is 13.1. The number of primary amides is 1. The third-order valence-corrected chi connectivity index (χ3v) is 6.86. The molecule has 10 nitrogen and oxygen atoms in total. The molecule has 0 saturated carbocycles. The highest BCUT2D eigenvalue weighted by molar-refractivity contribution is 7.17. The van der Waals surface area contributed by atoms with E-state index in [1.54, 1.807) is 47.4 Å². The molecule has 0 unspecified atom stereocenters. The summed E-state index contributed by atoms with van der Waals surface area (Å²) >= 11 is 1.29. The van der Waals surface area contributed by atoms with Gasteiger partial charge in [0.1, 0.15) is 0 Å². The molecule has 38 heavy (non-hydrogen) atoms. The van der Waals surface area contributed by atoms with Gasteiger partial charge in [-0.15, -0.1) is 11.3 Å². The molecule has 0 aliphatic carbocycles. The summed E-state index contributed by atoms with van der Waals surface area (Å²) in [6.07, 6.45) is 4.89. The molecule has 5 aromatic rings. The predicted molar refractivity (Wildman–Crippen MR) is 146 cm³/mol. The number of aromatic nitrogens is 4. The molecule has 0 radical (unpaired) electrons. The molecular formula is C27H23N7O3S. The SMILES string of the molecule is NC(=O)CCn1c(NC(=O)c2ccc(-c3cnccn3)s2)nc2cc(NCC(=O)c3ccccc3)ccc21. The van der Waals surface area contributed by atoms with E-state index >= 15 is 0 Å². The summed E-state index contributed by atoms with van der Waals surface area (Å²) in [6.45, 7) is 0.365. The van der Waals surface area contributed by atoms with Gasteiger partial charge in [0, 0.05) is 36.6 Å². The van der Waals surface area contributed by atoms with Crippen LogP contribution in [-0.4, -0.2) is 43.7 Å². The van der Waals surface area contributed by atoms with Crippen molar-refractivity contribution < 1.29 is 14.4 Å². The zero-order chi connectivity index (χ0) is 26.5. The normalized spacial score (nSPS) is 10.8. The lowest BCUT2D eigenvalue weighted by atomic mass is 10.1. The number of thiophene rings is 1. The predicted octanol–water partition coefficient (Wildman–Crippen LogP) is 3.98. The number of aryl methyl sites for hydroxylation is 1. The molecule has 0 atom stereocenters. The number of hydrogen-bond acceptors (Lipinski definition) is 8. The number of fused-ring (bicyclic) bond motifs is 1. The van der Waals surface area contributed by atoms with Gasteiger partial charge in [0.2, 0.25) is 11.9 Å². The third kappa shape index (κ3) is 5.57. The van der Waals surface area contributed by atoms with Crippen molar-refractivity contribution in [3.63, 3.8) is 0 Å². The fourth-order valence-electron chi connectivity index (χ4n) is 3.88. The molecule has 2 aromatic carbocycles. The molecule has 0 aliphatic rings. The van der Waals surface area contributed by atoms with Crippen molar-refractivity contribution in [3.8, 4) is 10.6 Å². The molecule has 2 amide bonds. The number of carbonyl (C=O) groups is 3. The molecule has 0 spiro atoms. The number of nitrogens with one attached hydrogen (secondary N) is 2. The van der Waals surface area contributed by atoms with Gasteiger partial charge in [-0.2, -0.15) is 0 Å². The van der Waals surface area contributed by atoms with Gasteiger partial charge in [-0.3, -0.25) is 29.7 Å². The molecule has 4 N–H and O–H groups in total. The van der Waals surface area contributed by atoms with Gasteiger partial charge in [0.25, 0.3) is 5.91 Å². The molecule has 0 bridgehead atoms. The van der Waals surface area contributed by atoms with Crippen molar-refractivity contribution in [2.24, 2.45) is 5.73 Å². The first-order valence-corrected chi connectivity index (χ1v) is 12.6. The first-order chi connectivity index (χ1) is 18.5. The quantitative estimate of drug-likeness (QED) is 0.234. The summed E-state index contributed by atoms with van der Waals surface area (Å²) in [6, 6.07) is 18.0. The van der Waals surface area contributed by atoms with Gasteiger partial charge in [-0.1, -0.05) is 30.3 Å². The second-order valence-corrected chi connectivity index (χ2v) is 9.44. The zero-order valence-corrected chi connectivity index (χ0v) is 20.9. The minimum absolute atomic E-state index is 0.0394. The molecule has 3 heterocycles. The first-order valence-electron chi connectivity index (χ1n) is 11.8. The summed E-state index contributed by atoms with van der Waals surface area (Å²) in [5.74, 6) is -0.554. The Bertz CT molecular complexity index is 1610. The maximum atomic E-state index is 13.1. The summed E-state index contributed by atoms with van der Waals surface area (Å²) < 4.78 is 1.74. The molecule has 190 valence electrons. The highest BCUT2D eigenvalue weighted by Gasteiger charge is 2.18. The summed E-state index contributed by atoms with van der Waals surface area (Å²) in [4.78, 5) is 51.2. The highest BCUT2D eigenvalue weighted by atomic mass is 32.1. The molecule has 11 heteroatoms. The third-order valence-electron chi connectivity index (χ3n) is 5.75. The molecule has 5 rings (SSSR count). The second kappa shape index (κ2) is 11.0. The largest absolute Gasteiger partial charge is 0.378 e. The Kier molecular flexibility index (Phi) is 7.18. The standard InChI is InChI=1S/C27H23N7O3S/c28-25(36)10-13-34-21-7-6-18(31-16-22(35)17-4-2-1-3-5-17)14-19(21)32-27(34)33-26(37)24-9-8-23(38-24)20-15-29-11-12-30-20/h1-9,11-12,14-15,31H,10,13,16H2,(H2,28,36)(H,32,33,37). The van der Waals surface area contributed by atoms with Crippen LogP contribution in [0.2, 0.25) is 0 Å². The maximum Gasteiger partial charge on any atom is 0.268 e. The number of amides is 2. The number of imidazole rings is 1. The second-order valence-electron chi connectivity index (χ2n) is 8.36. The van der Waals surface area contributed by atoms with Crippen LogP contribution >= 0.6 is 11.3 Å². The van der Waals surface area contributed by atoms with Crippen LogP contribution in [0.25, 0.3) is 21.6 Å². The number of ketones is 1. The Labute approximate surface area is 221 Å². The van der Waals surface area contributed by atoms with Crippen molar-refractivity contribution in [2.45, 2.75) is 13.0 Å². The van der Waals surface area contributed by atoms with Crippen molar-refractivity contribution in [1.29, 1.82) is 0 Å². The van der Waals surface area contributed by atoms with Crippen molar-refractivity contribution in [2.75, 3.05) is 17.2 Å². The van der Waals surface area contributed by atoms with Crippen LogP contribution in [0.1, 0.15) is 26.5 Å². The molecule has 3 aromatic heterocycles. The number of benzene rings is 2. The highest BCUT2D eigenvalue weighted by Crippen LogP contribution is 2.28. The summed E-state index contributed by atoms with van der Waals surface area (Å²) in [5.41, 5.74) is 8.69. The van der Waals surface area contributed by atoms with Crippen LogP contribution in [-0.2, 0) is 11.3 Å². The van der Waals surface area contributed by atoms with Gasteiger partial charge < -0.3 is 15.6 Å². The number of rotatable bonds is 10. The van der Waals surface area contributed by atoms with Gasteiger partial charge in [0.15, 0.2) is 5.78 Å². The van der Waals surface area contributed by atoms with E-state index in [2.05, 4.69) is 25.6 Å². The lowest BCUT2D eigenvalue weighted by molar-refractivity contribution is -0.118. The van der Waals surface area contributed by atoms with Crippen molar-refractivity contribution in [3.05, 3.63) is 89.7 Å². The lowest BCUT2D eigenvalue weighted by Gasteiger charge is -2.09. The van der Waals surface area contributed by atoms with Crippen LogP contribution < -0.4 is 16.4 Å². The number of hydrogen-bond donors (Lipinski definition) is 3. The Balaban J connectivity index is 1.37. The van der Waals surface area contributed by atoms with Gasteiger partial charge in [0.05, 0.1) is 39.2 Å². The van der Waals surface area contributed by atoms with Crippen LogP contribution in [0.15, 0.2) is 79.3 Å². The van der Waals surface area contributed by atoms with Gasteiger partial charge in [-0.05, 0) is 30.3 Å². The van der Waals surface area contributed by atoms with Crippen LogP contribution in [0.5, 0.6) is 0 Å². The summed E-state index contributed by atoms with van der Waals surface area (Å²) in [7, 11) is 0. The van der Waals surface area contributed by atoms with Gasteiger partial charge >= 0.3 is 0 Å². The van der Waals surface area contributed by atoms with E-state index in [0.29, 0.717) is 38.8 Å². The minimum atomic E-state index is -0.464. The smallest absolute Gasteiger partial charge is 0.268 e. The van der Waals surface area contributed by atoms with E-state index in [-0.39, 0.29) is 31.2 Å². The van der Waals surface area contributed by atoms with E-state index in [9.17, 15) is 14.4 Å². The van der Waals surface area contributed by atoms with E-state index < -0.39 is 5.91 Å². The average Bonchev–Trinajstić information content (AvgIpc) is 3.56. The van der Waals surface area contributed by atoms with Gasteiger partial charge in [-0.25, -0.2) is 4.98 Å². The van der Waals surface area contributed by atoms with E-state index in [4.69, 9.17) is 5.73 Å². The van der Waals surface area contributed by atoms with Crippen LogP contribution in [0, 0.1) is 0 Å². The number of nitrogens with two attached hydrogens (primary N) is 1. The fraction of sp³-hybridized carbons (Fsp3) is 0.111. The summed E-state index contributed by atoms with van der Waals surface area (Å²) in [5, 5.41) is 5.99. The Hall–Kier alpha value is -4.90. The molecule has 0 aliphatic heterocycles. The molecular weight excluding hydrogens is 502 g/mol. The number of anilines is 2. The van der Waals surface area contributed by atoms with Crippen LogP contribution in [0.4, 0.5) is 11.6 Å². The molecule has 0 saturated heterocycles. The Morgan fingerprint density at radius 3 is 2.61 bits per heavy atom. The number of Topliss-reactive ketones (excluding diaryl/α,β-unsaturated/α-hetero) is 1. The van der Waals surface area contributed by atoms with E-state index in [1.807, 2.05) is 36.4 Å². The number of nitrogens with zero attached hydrogens (tertiary/aromatic N) is 4. The van der Waals surface area contributed by atoms with Crippen molar-refractivity contribution >= 4 is 51.6 Å². The lowest BCUT2D eigenvalue weighted by Crippen LogP contribution is -2.18. The Morgan fingerprint density at radius 1 is 1.00 bits per heavy atom. The minimum Gasteiger partial charge on any atom is -0.378 e. The topological polar surface area (TPSA) is 145 Å². The monoisotopic (exact) mass is 525 g/mol. The molecule has 0 fully saturated rings. The average molecular weight is 526 g/mol. The first kappa shape index (κ1) is 24.8. The van der Waals surface area contributed by atoms with Crippen molar-refractivity contribution in [1.82, 2.24) is 19.5 Å². The number of carbonyl (C=O) groups excluding carboxylic acids is 3.